The maximum Gasteiger partial charge on any atom is 0.329 e. The number of carbonyl (C=O) groups excluding carboxylic acids is 1. The number of ether oxygens (including phenoxy) is 1. The number of hydrogen-bond acceptors (Lipinski definition) is 3. The van der Waals surface area contributed by atoms with Gasteiger partial charge in [-0.05, 0) is 13.3 Å². The summed E-state index contributed by atoms with van der Waals surface area (Å²) in [4.78, 5) is 24.2. The average Bonchev–Trinajstić information content (AvgIpc) is 2.41. The molecule has 0 aliphatic carbocycles. The lowest BCUT2D eigenvalue weighted by atomic mass is 9.95. The Labute approximate surface area is 127 Å². The van der Waals surface area contributed by atoms with Gasteiger partial charge in [-0.3, -0.25) is 4.79 Å². The SMILES string of the molecule is CCCCCCCCCC(=O)N1CC(C)(OCC(=O)O)C1. The number of carboxylic acid groups (broad SMARTS) is 1. The van der Waals surface area contributed by atoms with E-state index >= 15 is 0 Å². The highest BCUT2D eigenvalue weighted by Gasteiger charge is 2.42. The second-order valence-electron chi connectivity index (χ2n) is 6.25. The third-order valence-corrected chi connectivity index (χ3v) is 3.94. The fraction of sp³-hybridized carbons (Fsp3) is 0.875. The monoisotopic (exact) mass is 299 g/mol. The van der Waals surface area contributed by atoms with Crippen molar-refractivity contribution in [3.05, 3.63) is 0 Å². The Bertz CT molecular complexity index is 337. The van der Waals surface area contributed by atoms with Gasteiger partial charge in [-0.25, -0.2) is 4.79 Å². The van der Waals surface area contributed by atoms with Crippen LogP contribution in [-0.4, -0.2) is 47.2 Å². The highest BCUT2D eigenvalue weighted by Crippen LogP contribution is 2.25. The number of rotatable bonds is 11. The lowest BCUT2D eigenvalue weighted by Crippen LogP contribution is -2.63. The van der Waals surface area contributed by atoms with Gasteiger partial charge in [-0.2, -0.15) is 0 Å². The molecular weight excluding hydrogens is 270 g/mol. The Morgan fingerprint density at radius 1 is 1.10 bits per heavy atom. The van der Waals surface area contributed by atoms with E-state index in [0.29, 0.717) is 19.5 Å². The zero-order chi connectivity index (χ0) is 15.7. The van der Waals surface area contributed by atoms with Gasteiger partial charge in [0.2, 0.25) is 5.91 Å². The Hall–Kier alpha value is -1.10. The molecular formula is C16H29NO4. The van der Waals surface area contributed by atoms with E-state index in [9.17, 15) is 9.59 Å². The molecule has 5 heteroatoms. The predicted octanol–water partition coefficient (Wildman–Crippen LogP) is 2.83. The highest BCUT2D eigenvalue weighted by atomic mass is 16.5. The van der Waals surface area contributed by atoms with Gasteiger partial charge in [-0.1, -0.05) is 45.4 Å². The minimum atomic E-state index is -0.968. The van der Waals surface area contributed by atoms with Crippen LogP contribution in [0.1, 0.15) is 65.2 Å². The van der Waals surface area contributed by atoms with E-state index in [1.165, 1.54) is 32.1 Å². The van der Waals surface area contributed by atoms with Gasteiger partial charge in [0, 0.05) is 6.42 Å². The second kappa shape index (κ2) is 9.03. The molecule has 1 saturated heterocycles. The Balaban J connectivity index is 2.03. The van der Waals surface area contributed by atoms with E-state index in [1.807, 2.05) is 6.92 Å². The number of unbranched alkanes of at least 4 members (excludes halogenated alkanes) is 6. The minimum absolute atomic E-state index is 0.167. The molecule has 0 aromatic carbocycles. The second-order valence-corrected chi connectivity index (χ2v) is 6.25. The Kier molecular flexibility index (Phi) is 7.72. The summed E-state index contributed by atoms with van der Waals surface area (Å²) in [6.45, 7) is 4.79. The van der Waals surface area contributed by atoms with Gasteiger partial charge in [0.25, 0.3) is 0 Å². The van der Waals surface area contributed by atoms with Crippen molar-refractivity contribution < 1.29 is 19.4 Å². The normalized spacial score (nSPS) is 16.6. The van der Waals surface area contributed by atoms with Crippen molar-refractivity contribution in [3.8, 4) is 0 Å². The zero-order valence-corrected chi connectivity index (χ0v) is 13.4. The van der Waals surface area contributed by atoms with Crippen molar-refractivity contribution >= 4 is 11.9 Å². The summed E-state index contributed by atoms with van der Waals surface area (Å²) < 4.78 is 5.29. The fourth-order valence-corrected chi connectivity index (χ4v) is 2.66. The third-order valence-electron chi connectivity index (χ3n) is 3.94. The molecule has 1 heterocycles. The summed E-state index contributed by atoms with van der Waals surface area (Å²) in [7, 11) is 0. The highest BCUT2D eigenvalue weighted by molar-refractivity contribution is 5.77. The molecule has 5 nitrogen and oxygen atoms in total. The number of nitrogens with zero attached hydrogens (tertiary/aromatic N) is 1. The van der Waals surface area contributed by atoms with Crippen LogP contribution in [0, 0.1) is 0 Å². The van der Waals surface area contributed by atoms with E-state index in [1.54, 1.807) is 4.90 Å². The molecule has 122 valence electrons. The molecule has 0 saturated carbocycles. The van der Waals surface area contributed by atoms with E-state index in [4.69, 9.17) is 9.84 Å². The van der Waals surface area contributed by atoms with Crippen LogP contribution < -0.4 is 0 Å². The first-order chi connectivity index (χ1) is 9.97. The first kappa shape index (κ1) is 18.0. The molecule has 0 aromatic heterocycles. The lowest BCUT2D eigenvalue weighted by Gasteiger charge is -2.47. The molecule has 1 aliphatic rings. The van der Waals surface area contributed by atoms with Crippen LogP contribution in [-0.2, 0) is 14.3 Å². The molecule has 1 amide bonds. The first-order valence-electron chi connectivity index (χ1n) is 8.10. The predicted molar refractivity (Wildman–Crippen MR) is 81.2 cm³/mol. The number of likely N-dealkylation sites (tertiary alicyclic amines) is 1. The summed E-state index contributed by atoms with van der Waals surface area (Å²) in [6.07, 6.45) is 9.03. The molecule has 0 radical (unpaired) electrons. The molecule has 0 unspecified atom stereocenters. The van der Waals surface area contributed by atoms with Crippen molar-refractivity contribution in [1.29, 1.82) is 0 Å². The summed E-state index contributed by atoms with van der Waals surface area (Å²) in [5, 5.41) is 8.59. The van der Waals surface area contributed by atoms with Gasteiger partial charge in [0.1, 0.15) is 12.2 Å². The topological polar surface area (TPSA) is 66.8 Å². The van der Waals surface area contributed by atoms with Crippen LogP contribution in [0.2, 0.25) is 0 Å². The van der Waals surface area contributed by atoms with Gasteiger partial charge >= 0.3 is 5.97 Å². The molecule has 0 aromatic rings. The van der Waals surface area contributed by atoms with Crippen molar-refractivity contribution in [2.45, 2.75) is 70.8 Å². The summed E-state index contributed by atoms with van der Waals surface area (Å²) >= 11 is 0. The zero-order valence-electron chi connectivity index (χ0n) is 13.4. The van der Waals surface area contributed by atoms with Crippen molar-refractivity contribution in [2.24, 2.45) is 0 Å². The van der Waals surface area contributed by atoms with Crippen LogP contribution in [0.25, 0.3) is 0 Å². The number of aliphatic carboxylic acids is 1. The van der Waals surface area contributed by atoms with Crippen molar-refractivity contribution in [1.82, 2.24) is 4.90 Å². The van der Waals surface area contributed by atoms with Crippen LogP contribution in [0.3, 0.4) is 0 Å². The summed E-state index contributed by atoms with van der Waals surface area (Å²) in [5.41, 5.74) is -0.478. The molecule has 1 N–H and O–H groups in total. The van der Waals surface area contributed by atoms with Crippen LogP contribution in [0.15, 0.2) is 0 Å². The van der Waals surface area contributed by atoms with E-state index in [0.717, 1.165) is 12.8 Å². The quantitative estimate of drug-likeness (QED) is 0.596. The molecule has 1 rings (SSSR count). The molecule has 1 aliphatic heterocycles. The van der Waals surface area contributed by atoms with Gasteiger partial charge < -0.3 is 14.7 Å². The molecule has 0 atom stereocenters. The average molecular weight is 299 g/mol. The fourth-order valence-electron chi connectivity index (χ4n) is 2.66. The molecule has 21 heavy (non-hydrogen) atoms. The van der Waals surface area contributed by atoms with Gasteiger partial charge in [0.15, 0.2) is 0 Å². The minimum Gasteiger partial charge on any atom is -0.480 e. The summed E-state index contributed by atoms with van der Waals surface area (Å²) in [6, 6.07) is 0. The molecule has 0 bridgehead atoms. The summed E-state index contributed by atoms with van der Waals surface area (Å²) in [5.74, 6) is -0.802. The van der Waals surface area contributed by atoms with E-state index < -0.39 is 11.6 Å². The number of hydrogen-bond donors (Lipinski definition) is 1. The van der Waals surface area contributed by atoms with Crippen LogP contribution >= 0.6 is 0 Å². The smallest absolute Gasteiger partial charge is 0.329 e. The Morgan fingerprint density at radius 2 is 1.67 bits per heavy atom. The maximum atomic E-state index is 11.9. The Morgan fingerprint density at radius 3 is 2.24 bits per heavy atom. The largest absolute Gasteiger partial charge is 0.480 e. The van der Waals surface area contributed by atoms with Crippen molar-refractivity contribution in [3.63, 3.8) is 0 Å². The number of carbonyl (C=O) groups is 2. The third kappa shape index (κ3) is 6.93. The van der Waals surface area contributed by atoms with Crippen LogP contribution in [0.4, 0.5) is 0 Å². The lowest BCUT2D eigenvalue weighted by molar-refractivity contribution is -0.173. The number of carboxylic acids is 1. The van der Waals surface area contributed by atoms with Gasteiger partial charge in [-0.15, -0.1) is 0 Å². The first-order valence-corrected chi connectivity index (χ1v) is 8.10. The van der Waals surface area contributed by atoms with Gasteiger partial charge in [0.05, 0.1) is 13.1 Å². The van der Waals surface area contributed by atoms with Crippen LogP contribution in [0.5, 0.6) is 0 Å². The maximum absolute atomic E-state index is 11.9. The molecule has 0 spiro atoms. The number of amides is 1. The molecule has 1 fully saturated rings. The van der Waals surface area contributed by atoms with E-state index in [2.05, 4.69) is 6.92 Å². The standard InChI is InChI=1S/C16H29NO4/c1-3-4-5-6-7-8-9-10-14(18)17-12-16(2,13-17)21-11-15(19)20/h3-13H2,1-2H3,(H,19,20). The van der Waals surface area contributed by atoms with Crippen molar-refractivity contribution in [2.75, 3.05) is 19.7 Å². The van der Waals surface area contributed by atoms with E-state index in [-0.39, 0.29) is 12.5 Å².